The largest absolute Gasteiger partial charge is 0.452 e. The van der Waals surface area contributed by atoms with Gasteiger partial charge in [0.2, 0.25) is 0 Å². The molecule has 0 unspecified atom stereocenters. The van der Waals surface area contributed by atoms with E-state index in [1.54, 1.807) is 0 Å². The minimum atomic E-state index is -4.31. The summed E-state index contributed by atoms with van der Waals surface area (Å²) in [6.45, 7) is -0.802. The summed E-state index contributed by atoms with van der Waals surface area (Å²) in [6, 6.07) is 12.3. The number of para-hydroxylation sites is 1. The monoisotopic (exact) mass is 491 g/mol. The van der Waals surface area contributed by atoms with Crippen LogP contribution in [0.5, 0.6) is 0 Å². The van der Waals surface area contributed by atoms with Crippen molar-refractivity contribution in [3.63, 3.8) is 0 Å². The molecule has 0 atom stereocenters. The zero-order valence-electron chi connectivity index (χ0n) is 17.0. The van der Waals surface area contributed by atoms with Crippen molar-refractivity contribution in [2.45, 2.75) is 4.90 Å². The second-order valence-electron chi connectivity index (χ2n) is 6.66. The van der Waals surface area contributed by atoms with Gasteiger partial charge in [0.25, 0.3) is 21.6 Å². The van der Waals surface area contributed by atoms with Gasteiger partial charge < -0.3 is 10.1 Å². The molecule has 10 nitrogen and oxygen atoms in total. The number of non-ortho nitro benzene ring substituents is 1. The smallest absolute Gasteiger partial charge is 0.340 e. The molecule has 2 N–H and O–H groups in total. The van der Waals surface area contributed by atoms with Crippen LogP contribution in [0.15, 0.2) is 71.6 Å². The van der Waals surface area contributed by atoms with Gasteiger partial charge in [0.05, 0.1) is 21.1 Å². The number of nitro groups is 1. The molecule has 0 fully saturated rings. The lowest BCUT2D eigenvalue weighted by Gasteiger charge is -2.12. The number of benzene rings is 3. The van der Waals surface area contributed by atoms with Crippen LogP contribution in [0.3, 0.4) is 0 Å². The fourth-order valence-electron chi connectivity index (χ4n) is 2.70. The van der Waals surface area contributed by atoms with Gasteiger partial charge in [-0.2, -0.15) is 0 Å². The normalized spacial score (nSPS) is 10.9. The fraction of sp³-hybridized carbons (Fsp3) is 0.0476. The third kappa shape index (κ3) is 5.89. The van der Waals surface area contributed by atoms with E-state index in [1.165, 1.54) is 30.3 Å². The molecule has 0 heterocycles. The first-order valence-corrected chi connectivity index (χ1v) is 10.8. The third-order valence-electron chi connectivity index (χ3n) is 4.27. The van der Waals surface area contributed by atoms with Gasteiger partial charge in [-0.15, -0.1) is 0 Å². The maximum atomic E-state index is 13.2. The molecule has 0 aromatic heterocycles. The number of nitrogens with one attached hydrogen (secondary N) is 2. The van der Waals surface area contributed by atoms with Crippen LogP contribution in [0.2, 0.25) is 0 Å². The van der Waals surface area contributed by atoms with E-state index in [1.807, 2.05) is 0 Å². The highest BCUT2D eigenvalue weighted by atomic mass is 32.2. The SMILES string of the molecule is O=C(COC(=O)c1ccccc1NS(=O)(=O)c1cccc([N+](=O)[O-])c1)Nc1ccc(F)c(F)c1. The van der Waals surface area contributed by atoms with Crippen LogP contribution in [0.1, 0.15) is 10.4 Å². The predicted molar refractivity (Wildman–Crippen MR) is 116 cm³/mol. The van der Waals surface area contributed by atoms with Gasteiger partial charge in [0, 0.05) is 23.9 Å². The minimum absolute atomic E-state index is 0.0648. The highest BCUT2D eigenvalue weighted by Crippen LogP contribution is 2.23. The Kier molecular flexibility index (Phi) is 7.16. The van der Waals surface area contributed by atoms with E-state index in [0.717, 1.165) is 36.4 Å². The Labute approximate surface area is 191 Å². The molecular weight excluding hydrogens is 476 g/mol. The van der Waals surface area contributed by atoms with E-state index in [2.05, 4.69) is 10.0 Å². The Morgan fingerprint density at radius 1 is 0.971 bits per heavy atom. The fourth-order valence-corrected chi connectivity index (χ4v) is 3.82. The Hall–Kier alpha value is -4.39. The first-order valence-electron chi connectivity index (χ1n) is 9.35. The quantitative estimate of drug-likeness (QED) is 0.279. The molecule has 0 bridgehead atoms. The van der Waals surface area contributed by atoms with Crippen molar-refractivity contribution >= 4 is 39.0 Å². The number of ether oxygens (including phenoxy) is 1. The number of rotatable bonds is 8. The lowest BCUT2D eigenvalue weighted by molar-refractivity contribution is -0.385. The summed E-state index contributed by atoms with van der Waals surface area (Å²) in [5, 5.41) is 13.1. The number of carbonyl (C=O) groups excluding carboxylic acids is 2. The van der Waals surface area contributed by atoms with Crippen molar-refractivity contribution in [1.29, 1.82) is 0 Å². The first kappa shape index (κ1) is 24.3. The van der Waals surface area contributed by atoms with Crippen LogP contribution in [-0.2, 0) is 19.6 Å². The average molecular weight is 491 g/mol. The lowest BCUT2D eigenvalue weighted by atomic mass is 10.2. The van der Waals surface area contributed by atoms with Gasteiger partial charge in [-0.1, -0.05) is 18.2 Å². The Bertz CT molecular complexity index is 1380. The van der Waals surface area contributed by atoms with Gasteiger partial charge in [0.1, 0.15) is 0 Å². The molecule has 34 heavy (non-hydrogen) atoms. The van der Waals surface area contributed by atoms with Crippen molar-refractivity contribution in [3.05, 3.63) is 94.0 Å². The summed E-state index contributed by atoms with van der Waals surface area (Å²) in [4.78, 5) is 34.2. The lowest BCUT2D eigenvalue weighted by Crippen LogP contribution is -2.22. The zero-order valence-corrected chi connectivity index (χ0v) is 17.8. The summed E-state index contributed by atoms with van der Waals surface area (Å²) in [6.07, 6.45) is 0. The van der Waals surface area contributed by atoms with Crippen LogP contribution in [0.4, 0.5) is 25.8 Å². The summed E-state index contributed by atoms with van der Waals surface area (Å²) >= 11 is 0. The van der Waals surface area contributed by atoms with E-state index < -0.39 is 55.6 Å². The summed E-state index contributed by atoms with van der Waals surface area (Å²) in [5.74, 6) is -4.19. The van der Waals surface area contributed by atoms with Crippen LogP contribution in [0.25, 0.3) is 0 Å². The number of hydrogen-bond donors (Lipinski definition) is 2. The molecule has 3 aromatic carbocycles. The van der Waals surface area contributed by atoms with E-state index >= 15 is 0 Å². The van der Waals surface area contributed by atoms with Crippen LogP contribution in [-0.4, -0.2) is 31.8 Å². The van der Waals surface area contributed by atoms with Gasteiger partial charge in [-0.25, -0.2) is 22.0 Å². The maximum absolute atomic E-state index is 13.2. The molecular formula is C21H15F2N3O7S. The molecule has 0 radical (unpaired) electrons. The predicted octanol–water partition coefficient (Wildman–Crippen LogP) is 3.47. The number of nitrogens with zero attached hydrogens (tertiary/aromatic N) is 1. The van der Waals surface area contributed by atoms with E-state index in [0.29, 0.717) is 0 Å². The zero-order chi connectivity index (χ0) is 24.9. The topological polar surface area (TPSA) is 145 Å². The third-order valence-corrected chi connectivity index (χ3v) is 5.63. The summed E-state index contributed by atoms with van der Waals surface area (Å²) in [5.41, 5.74) is -0.940. The van der Waals surface area contributed by atoms with Crippen molar-refractivity contribution in [3.8, 4) is 0 Å². The first-order chi connectivity index (χ1) is 16.1. The highest BCUT2D eigenvalue weighted by molar-refractivity contribution is 7.92. The molecule has 0 saturated carbocycles. The van der Waals surface area contributed by atoms with Gasteiger partial charge in [-0.3, -0.25) is 19.6 Å². The van der Waals surface area contributed by atoms with Crippen molar-refractivity contribution < 1.29 is 36.4 Å². The molecule has 0 aliphatic heterocycles. The number of anilines is 2. The van der Waals surface area contributed by atoms with E-state index in [-0.39, 0.29) is 16.9 Å². The number of halogens is 2. The van der Waals surface area contributed by atoms with Gasteiger partial charge >= 0.3 is 5.97 Å². The number of hydrogen-bond acceptors (Lipinski definition) is 7. The molecule has 13 heteroatoms. The molecule has 1 amide bonds. The van der Waals surface area contributed by atoms with Crippen LogP contribution >= 0.6 is 0 Å². The number of esters is 1. The molecule has 3 aromatic rings. The van der Waals surface area contributed by atoms with E-state index in [4.69, 9.17) is 4.74 Å². The highest BCUT2D eigenvalue weighted by Gasteiger charge is 2.22. The second-order valence-corrected chi connectivity index (χ2v) is 8.34. The minimum Gasteiger partial charge on any atom is -0.452 e. The van der Waals surface area contributed by atoms with Crippen LogP contribution in [0, 0.1) is 21.7 Å². The van der Waals surface area contributed by atoms with Gasteiger partial charge in [0.15, 0.2) is 18.2 Å². The second kappa shape index (κ2) is 10.0. The summed E-state index contributed by atoms with van der Waals surface area (Å²) < 4.78 is 58.6. The number of sulfonamides is 1. The summed E-state index contributed by atoms with van der Waals surface area (Å²) in [7, 11) is -4.31. The molecule has 3 rings (SSSR count). The van der Waals surface area contributed by atoms with Crippen molar-refractivity contribution in [2.75, 3.05) is 16.6 Å². The molecule has 0 aliphatic rings. The maximum Gasteiger partial charge on any atom is 0.340 e. The number of carbonyl (C=O) groups is 2. The average Bonchev–Trinajstić information content (AvgIpc) is 2.80. The van der Waals surface area contributed by atoms with Crippen molar-refractivity contribution in [2.24, 2.45) is 0 Å². The van der Waals surface area contributed by atoms with Gasteiger partial charge in [-0.05, 0) is 30.3 Å². The standard InChI is InChI=1S/C21H15F2N3O7S/c22-17-9-8-13(10-18(17)23)24-20(27)12-33-21(28)16-6-1-2-7-19(16)25-34(31,32)15-5-3-4-14(11-15)26(29)30/h1-11,25H,12H2,(H,24,27). The van der Waals surface area contributed by atoms with Crippen LogP contribution < -0.4 is 10.0 Å². The Morgan fingerprint density at radius 2 is 1.71 bits per heavy atom. The molecule has 0 aliphatic carbocycles. The number of amides is 1. The molecule has 176 valence electrons. The number of nitro benzene ring substituents is 1. The van der Waals surface area contributed by atoms with E-state index in [9.17, 15) is 36.9 Å². The molecule has 0 saturated heterocycles. The molecule has 0 spiro atoms. The Morgan fingerprint density at radius 3 is 2.41 bits per heavy atom. The Balaban J connectivity index is 1.71. The van der Waals surface area contributed by atoms with Crippen molar-refractivity contribution in [1.82, 2.24) is 0 Å².